The first-order chi connectivity index (χ1) is 9.11. The van der Waals surface area contributed by atoms with Crippen molar-refractivity contribution in [1.29, 1.82) is 0 Å². The molecule has 0 aliphatic carbocycles. The van der Waals surface area contributed by atoms with E-state index in [9.17, 15) is 4.79 Å². The van der Waals surface area contributed by atoms with Gasteiger partial charge in [-0.2, -0.15) is 0 Å². The second-order valence-corrected chi connectivity index (χ2v) is 4.31. The Morgan fingerprint density at radius 1 is 1.37 bits per heavy atom. The zero-order chi connectivity index (χ0) is 14.3. The van der Waals surface area contributed by atoms with Gasteiger partial charge in [-0.15, -0.1) is 0 Å². The minimum Gasteiger partial charge on any atom is -0.495 e. The summed E-state index contributed by atoms with van der Waals surface area (Å²) in [6.07, 6.45) is 1.37. The number of methoxy groups -OCH3 is 2. The molecular weight excluding hydrogens is 244 g/mol. The van der Waals surface area contributed by atoms with Gasteiger partial charge in [0.25, 0.3) is 0 Å². The molecule has 0 heterocycles. The molecule has 0 fully saturated rings. The van der Waals surface area contributed by atoms with Gasteiger partial charge in [0.15, 0.2) is 0 Å². The third kappa shape index (κ3) is 4.22. The highest BCUT2D eigenvalue weighted by Gasteiger charge is 2.20. The van der Waals surface area contributed by atoms with Crippen LogP contribution in [0.1, 0.15) is 12.8 Å². The molecule has 0 saturated carbocycles. The second kappa shape index (κ2) is 7.76. The Morgan fingerprint density at radius 2 is 2.05 bits per heavy atom. The lowest BCUT2D eigenvalue weighted by atomic mass is 10.1. The van der Waals surface area contributed by atoms with Crippen molar-refractivity contribution in [2.24, 2.45) is 5.73 Å². The Bertz CT molecular complexity index is 409. The van der Waals surface area contributed by atoms with Crippen molar-refractivity contribution in [3.8, 4) is 5.75 Å². The molecule has 1 amide bonds. The summed E-state index contributed by atoms with van der Waals surface area (Å²) in [5.74, 6) is 0.531. The van der Waals surface area contributed by atoms with Crippen LogP contribution in [0.5, 0.6) is 5.75 Å². The molecule has 106 valence electrons. The topological polar surface area (TPSA) is 64.8 Å². The van der Waals surface area contributed by atoms with Crippen LogP contribution in [0, 0.1) is 0 Å². The normalized spacial score (nSPS) is 12.0. The number of nitrogens with zero attached hydrogens (tertiary/aromatic N) is 1. The average molecular weight is 266 g/mol. The molecule has 2 N–H and O–H groups in total. The van der Waals surface area contributed by atoms with Crippen LogP contribution in [-0.4, -0.2) is 39.8 Å². The lowest BCUT2D eigenvalue weighted by Gasteiger charge is -2.23. The number of benzene rings is 1. The highest BCUT2D eigenvalue weighted by molar-refractivity contribution is 5.97. The predicted octanol–water partition coefficient (Wildman–Crippen LogP) is 1.41. The van der Waals surface area contributed by atoms with Crippen LogP contribution in [0.25, 0.3) is 0 Å². The molecule has 5 nitrogen and oxygen atoms in total. The Hall–Kier alpha value is -1.59. The zero-order valence-electron chi connectivity index (χ0n) is 11.8. The first-order valence-electron chi connectivity index (χ1n) is 6.27. The number of rotatable bonds is 7. The predicted molar refractivity (Wildman–Crippen MR) is 75.5 cm³/mol. The number of para-hydroxylation sites is 2. The van der Waals surface area contributed by atoms with E-state index in [2.05, 4.69) is 0 Å². The molecule has 0 radical (unpaired) electrons. The van der Waals surface area contributed by atoms with Gasteiger partial charge in [-0.25, -0.2) is 0 Å². The molecule has 0 aliphatic heterocycles. The van der Waals surface area contributed by atoms with Crippen molar-refractivity contribution >= 4 is 11.6 Å². The molecule has 1 rings (SSSR count). The lowest BCUT2D eigenvalue weighted by molar-refractivity contribution is -0.119. The Morgan fingerprint density at radius 3 is 2.68 bits per heavy atom. The summed E-state index contributed by atoms with van der Waals surface area (Å²) in [4.78, 5) is 13.7. The first kappa shape index (κ1) is 15.5. The number of likely N-dealkylation sites (N-methyl/N-ethyl adjacent to an activating group) is 1. The Balaban J connectivity index is 2.70. The van der Waals surface area contributed by atoms with Crippen molar-refractivity contribution in [3.05, 3.63) is 24.3 Å². The van der Waals surface area contributed by atoms with E-state index in [4.69, 9.17) is 15.2 Å². The fraction of sp³-hybridized carbons (Fsp3) is 0.500. The molecule has 1 atom stereocenters. The molecule has 0 bridgehead atoms. The van der Waals surface area contributed by atoms with E-state index < -0.39 is 6.04 Å². The van der Waals surface area contributed by atoms with E-state index in [-0.39, 0.29) is 5.91 Å². The van der Waals surface area contributed by atoms with Gasteiger partial charge in [-0.1, -0.05) is 12.1 Å². The van der Waals surface area contributed by atoms with E-state index in [1.807, 2.05) is 24.3 Å². The van der Waals surface area contributed by atoms with E-state index >= 15 is 0 Å². The molecule has 19 heavy (non-hydrogen) atoms. The number of nitrogens with two attached hydrogens (primary N) is 1. The van der Waals surface area contributed by atoms with E-state index in [0.717, 1.165) is 12.1 Å². The molecule has 0 aromatic heterocycles. The third-order valence-corrected chi connectivity index (χ3v) is 2.96. The van der Waals surface area contributed by atoms with Crippen LogP contribution < -0.4 is 15.4 Å². The third-order valence-electron chi connectivity index (χ3n) is 2.96. The van der Waals surface area contributed by atoms with Gasteiger partial charge in [0, 0.05) is 20.8 Å². The second-order valence-electron chi connectivity index (χ2n) is 4.31. The smallest absolute Gasteiger partial charge is 0.243 e. The highest BCUT2D eigenvalue weighted by Crippen LogP contribution is 2.27. The summed E-state index contributed by atoms with van der Waals surface area (Å²) >= 11 is 0. The average Bonchev–Trinajstić information content (AvgIpc) is 2.45. The van der Waals surface area contributed by atoms with Gasteiger partial charge >= 0.3 is 0 Å². The van der Waals surface area contributed by atoms with Crippen LogP contribution in [0.2, 0.25) is 0 Å². The summed E-state index contributed by atoms with van der Waals surface area (Å²) in [5, 5.41) is 0. The molecule has 1 aromatic rings. The SMILES string of the molecule is COCCCC(N)C(=O)N(C)c1ccccc1OC. The van der Waals surface area contributed by atoms with E-state index in [0.29, 0.717) is 18.8 Å². The molecule has 1 unspecified atom stereocenters. The van der Waals surface area contributed by atoms with Gasteiger partial charge in [0.05, 0.1) is 18.8 Å². The highest BCUT2D eigenvalue weighted by atomic mass is 16.5. The van der Waals surface area contributed by atoms with Gasteiger partial charge in [-0.3, -0.25) is 4.79 Å². The standard InChI is InChI=1S/C14H22N2O3/c1-16(12-8-4-5-9-13(12)19-3)14(17)11(15)7-6-10-18-2/h4-5,8-9,11H,6-7,10,15H2,1-3H3. The number of anilines is 1. The lowest BCUT2D eigenvalue weighted by Crippen LogP contribution is -2.42. The molecule has 5 heteroatoms. The number of hydrogen-bond donors (Lipinski definition) is 1. The van der Waals surface area contributed by atoms with Crippen LogP contribution in [0.3, 0.4) is 0 Å². The van der Waals surface area contributed by atoms with Crippen LogP contribution in [-0.2, 0) is 9.53 Å². The molecule has 0 spiro atoms. The molecule has 0 saturated heterocycles. The minimum atomic E-state index is -0.523. The Labute approximate surface area is 114 Å². The molecule has 0 aliphatic rings. The number of amides is 1. The summed E-state index contributed by atoms with van der Waals surface area (Å²) in [5.41, 5.74) is 6.62. The van der Waals surface area contributed by atoms with E-state index in [1.54, 1.807) is 21.3 Å². The largest absolute Gasteiger partial charge is 0.495 e. The van der Waals surface area contributed by atoms with Gasteiger partial charge < -0.3 is 20.1 Å². The first-order valence-corrected chi connectivity index (χ1v) is 6.27. The zero-order valence-corrected chi connectivity index (χ0v) is 11.8. The van der Waals surface area contributed by atoms with Crippen molar-refractivity contribution in [3.63, 3.8) is 0 Å². The minimum absolute atomic E-state index is 0.124. The van der Waals surface area contributed by atoms with Gasteiger partial charge in [0.2, 0.25) is 5.91 Å². The number of ether oxygens (including phenoxy) is 2. The van der Waals surface area contributed by atoms with Crippen LogP contribution in [0.4, 0.5) is 5.69 Å². The number of carbonyl (C=O) groups excluding carboxylic acids is 1. The van der Waals surface area contributed by atoms with Crippen molar-refractivity contribution in [2.75, 3.05) is 32.8 Å². The fourth-order valence-corrected chi connectivity index (χ4v) is 1.85. The maximum absolute atomic E-state index is 12.2. The summed E-state index contributed by atoms with van der Waals surface area (Å²) in [6, 6.07) is 6.84. The summed E-state index contributed by atoms with van der Waals surface area (Å²) < 4.78 is 10.2. The van der Waals surface area contributed by atoms with Crippen molar-refractivity contribution in [2.45, 2.75) is 18.9 Å². The van der Waals surface area contributed by atoms with Crippen LogP contribution >= 0.6 is 0 Å². The monoisotopic (exact) mass is 266 g/mol. The maximum atomic E-state index is 12.2. The fourth-order valence-electron chi connectivity index (χ4n) is 1.85. The molecule has 1 aromatic carbocycles. The molecular formula is C14H22N2O3. The van der Waals surface area contributed by atoms with Gasteiger partial charge in [0.1, 0.15) is 5.75 Å². The quantitative estimate of drug-likeness (QED) is 0.758. The van der Waals surface area contributed by atoms with Crippen LogP contribution in [0.15, 0.2) is 24.3 Å². The van der Waals surface area contributed by atoms with Crippen molar-refractivity contribution in [1.82, 2.24) is 0 Å². The van der Waals surface area contributed by atoms with E-state index in [1.165, 1.54) is 4.90 Å². The summed E-state index contributed by atoms with van der Waals surface area (Å²) in [7, 11) is 4.92. The summed E-state index contributed by atoms with van der Waals surface area (Å²) in [6.45, 7) is 0.610. The Kier molecular flexibility index (Phi) is 6.32. The maximum Gasteiger partial charge on any atom is 0.243 e. The van der Waals surface area contributed by atoms with Crippen molar-refractivity contribution < 1.29 is 14.3 Å². The number of hydrogen-bond acceptors (Lipinski definition) is 4. The van der Waals surface area contributed by atoms with Gasteiger partial charge in [-0.05, 0) is 25.0 Å². The number of carbonyl (C=O) groups is 1.